The molecule has 0 unspecified atom stereocenters. The van der Waals surface area contributed by atoms with E-state index in [1.54, 1.807) is 29.2 Å². The van der Waals surface area contributed by atoms with Crippen molar-refractivity contribution in [2.75, 3.05) is 24.5 Å². The fourth-order valence-electron chi connectivity index (χ4n) is 4.80. The van der Waals surface area contributed by atoms with E-state index in [4.69, 9.17) is 16.6 Å². The normalized spacial score (nSPS) is 15.7. The number of benzene rings is 2. The molecule has 2 aromatic carbocycles. The summed E-state index contributed by atoms with van der Waals surface area (Å²) in [6, 6.07) is 15.2. The van der Waals surface area contributed by atoms with Gasteiger partial charge in [-0.3, -0.25) is 4.79 Å². The quantitative estimate of drug-likeness (QED) is 0.365. The number of halogens is 2. The van der Waals surface area contributed by atoms with Crippen molar-refractivity contribution in [2.45, 2.75) is 19.9 Å². The van der Waals surface area contributed by atoms with Crippen LogP contribution in [0.5, 0.6) is 0 Å². The Bertz CT molecular complexity index is 1600. The minimum atomic E-state index is -0.511. The van der Waals surface area contributed by atoms with Gasteiger partial charge in [-0.05, 0) is 49.8 Å². The molecule has 0 saturated carbocycles. The van der Waals surface area contributed by atoms with E-state index in [2.05, 4.69) is 11.6 Å². The van der Waals surface area contributed by atoms with Crippen LogP contribution in [0.3, 0.4) is 0 Å². The molecule has 7 nitrogen and oxygen atoms in total. The van der Waals surface area contributed by atoms with Gasteiger partial charge in [0.05, 0.1) is 21.8 Å². The van der Waals surface area contributed by atoms with Gasteiger partial charge in [0.25, 0.3) is 0 Å². The summed E-state index contributed by atoms with van der Waals surface area (Å²) < 4.78 is 16.2. The van der Waals surface area contributed by atoms with E-state index in [9.17, 15) is 14.0 Å². The van der Waals surface area contributed by atoms with Crippen molar-refractivity contribution in [3.05, 3.63) is 94.1 Å². The van der Waals surface area contributed by atoms with Crippen LogP contribution in [-0.4, -0.2) is 51.0 Å². The Labute approximate surface area is 218 Å². The summed E-state index contributed by atoms with van der Waals surface area (Å²) in [5.41, 5.74) is 1.77. The van der Waals surface area contributed by atoms with Crippen LogP contribution in [0.2, 0.25) is 5.02 Å². The minimum absolute atomic E-state index is 0.132. The van der Waals surface area contributed by atoms with E-state index < -0.39 is 11.5 Å². The molecule has 3 heterocycles. The predicted molar refractivity (Wildman–Crippen MR) is 144 cm³/mol. The van der Waals surface area contributed by atoms with E-state index in [-0.39, 0.29) is 28.2 Å². The van der Waals surface area contributed by atoms with E-state index in [0.717, 1.165) is 5.56 Å². The molecule has 1 aliphatic heterocycles. The number of carbonyl (C=O) groups excluding carboxylic acids is 1. The third-order valence-corrected chi connectivity index (χ3v) is 6.96. The summed E-state index contributed by atoms with van der Waals surface area (Å²) in [4.78, 5) is 38.7. The monoisotopic (exact) mass is 517 g/mol. The summed E-state index contributed by atoms with van der Waals surface area (Å²) in [6.45, 7) is 8.80. The Morgan fingerprint density at radius 2 is 1.86 bits per heavy atom. The van der Waals surface area contributed by atoms with Gasteiger partial charge in [0, 0.05) is 31.2 Å². The van der Waals surface area contributed by atoms with Crippen LogP contribution < -0.4 is 10.6 Å². The van der Waals surface area contributed by atoms with E-state index >= 15 is 0 Å². The molecule has 5 rings (SSSR count). The fourth-order valence-corrected chi connectivity index (χ4v) is 5.05. The second kappa shape index (κ2) is 9.78. The summed E-state index contributed by atoms with van der Waals surface area (Å²) in [6.07, 6.45) is 1.30. The Morgan fingerprint density at radius 3 is 2.57 bits per heavy atom. The molecule has 9 heteroatoms. The van der Waals surface area contributed by atoms with Crippen LogP contribution >= 0.6 is 11.6 Å². The number of nitrogens with zero attached hydrogens (tertiary/aromatic N) is 5. The molecule has 2 aromatic heterocycles. The molecule has 0 spiro atoms. The van der Waals surface area contributed by atoms with Crippen molar-refractivity contribution in [3.63, 3.8) is 0 Å². The summed E-state index contributed by atoms with van der Waals surface area (Å²) in [5, 5.41) is 0.798. The van der Waals surface area contributed by atoms with E-state index in [1.165, 1.54) is 16.7 Å². The molecule has 37 heavy (non-hydrogen) atoms. The molecule has 1 amide bonds. The maximum absolute atomic E-state index is 14.7. The number of piperazine rings is 1. The summed E-state index contributed by atoms with van der Waals surface area (Å²) in [5.74, 6) is -0.178. The van der Waals surface area contributed by atoms with Gasteiger partial charge >= 0.3 is 5.69 Å². The van der Waals surface area contributed by atoms with Crippen molar-refractivity contribution in [1.29, 1.82) is 0 Å². The number of amides is 1. The van der Waals surface area contributed by atoms with Crippen LogP contribution in [0.15, 0.2) is 72.0 Å². The summed E-state index contributed by atoms with van der Waals surface area (Å²) in [7, 11) is 0. The van der Waals surface area contributed by atoms with Crippen molar-refractivity contribution in [2.24, 2.45) is 0 Å². The number of aromatic nitrogens is 3. The van der Waals surface area contributed by atoms with Crippen molar-refractivity contribution < 1.29 is 9.18 Å². The zero-order valence-corrected chi connectivity index (χ0v) is 21.2. The first kappa shape index (κ1) is 24.6. The van der Waals surface area contributed by atoms with Gasteiger partial charge in [-0.25, -0.2) is 18.7 Å². The Hall–Kier alpha value is -4.04. The molecular formula is C28H25ClFN5O2. The van der Waals surface area contributed by atoms with Gasteiger partial charge in [-0.15, -0.1) is 0 Å². The van der Waals surface area contributed by atoms with Crippen LogP contribution in [-0.2, 0) is 4.79 Å². The fraction of sp³-hybridized carbons (Fsp3) is 0.214. The van der Waals surface area contributed by atoms with Gasteiger partial charge in [0.1, 0.15) is 11.6 Å². The molecule has 1 atom stereocenters. The van der Waals surface area contributed by atoms with Crippen molar-refractivity contribution in [1.82, 2.24) is 19.4 Å². The first-order valence-corrected chi connectivity index (χ1v) is 12.3. The second-order valence-corrected chi connectivity index (χ2v) is 9.45. The highest BCUT2D eigenvalue weighted by atomic mass is 35.5. The van der Waals surface area contributed by atoms with Gasteiger partial charge in [-0.1, -0.05) is 48.5 Å². The SMILES string of the molecule is C=CC(=O)N1CCN(c2nc(=O)n(-c3ccccc3C)c3nc(-c4ccccc4F)c(Cl)cc23)[C@@H](C)C1. The Balaban J connectivity index is 1.76. The third kappa shape index (κ3) is 4.38. The number of carbonyl (C=O) groups is 1. The van der Waals surface area contributed by atoms with Crippen molar-refractivity contribution in [3.8, 4) is 16.9 Å². The zero-order chi connectivity index (χ0) is 26.3. The smallest absolute Gasteiger partial charge is 0.350 e. The standard InChI is InChI=1S/C28H25ClFN5O2/c1-4-24(36)33-13-14-34(18(3)16-33)26-20-15-21(29)25(19-10-6-7-11-22(19)30)31-27(20)35(28(37)32-26)23-12-8-5-9-17(23)2/h4-12,15,18H,1,13-14,16H2,2-3H3/t18-/m0/s1. The molecular weight excluding hydrogens is 493 g/mol. The molecule has 0 aliphatic carbocycles. The molecule has 1 saturated heterocycles. The van der Waals surface area contributed by atoms with Crippen LogP contribution in [0.1, 0.15) is 12.5 Å². The average molecular weight is 518 g/mol. The topological polar surface area (TPSA) is 71.3 Å². The predicted octanol–water partition coefficient (Wildman–Crippen LogP) is 4.77. The molecule has 188 valence electrons. The minimum Gasteiger partial charge on any atom is -0.350 e. The van der Waals surface area contributed by atoms with Crippen molar-refractivity contribution >= 4 is 34.4 Å². The van der Waals surface area contributed by atoms with Gasteiger partial charge in [0.15, 0.2) is 5.65 Å². The Morgan fingerprint density at radius 1 is 1.14 bits per heavy atom. The molecule has 4 aromatic rings. The number of hydrogen-bond acceptors (Lipinski definition) is 5. The number of aryl methyl sites for hydroxylation is 1. The second-order valence-electron chi connectivity index (χ2n) is 9.04. The molecule has 1 aliphatic rings. The largest absolute Gasteiger partial charge is 0.355 e. The molecule has 1 fully saturated rings. The lowest BCUT2D eigenvalue weighted by Crippen LogP contribution is -2.54. The Kier molecular flexibility index (Phi) is 6.52. The van der Waals surface area contributed by atoms with E-state index in [0.29, 0.717) is 42.2 Å². The molecule has 0 bridgehead atoms. The van der Waals surface area contributed by atoms with Gasteiger partial charge in [0.2, 0.25) is 5.91 Å². The molecule has 0 radical (unpaired) electrons. The average Bonchev–Trinajstić information content (AvgIpc) is 2.89. The third-order valence-electron chi connectivity index (χ3n) is 6.67. The lowest BCUT2D eigenvalue weighted by Gasteiger charge is -2.40. The first-order chi connectivity index (χ1) is 17.8. The zero-order valence-electron chi connectivity index (χ0n) is 20.5. The lowest BCUT2D eigenvalue weighted by molar-refractivity contribution is -0.126. The van der Waals surface area contributed by atoms with Crippen LogP contribution in [0.25, 0.3) is 28.0 Å². The van der Waals surface area contributed by atoms with Gasteiger partial charge < -0.3 is 9.80 Å². The van der Waals surface area contributed by atoms with E-state index in [1.807, 2.05) is 43.0 Å². The van der Waals surface area contributed by atoms with Crippen LogP contribution in [0.4, 0.5) is 10.2 Å². The first-order valence-electron chi connectivity index (χ1n) is 11.9. The summed E-state index contributed by atoms with van der Waals surface area (Å²) >= 11 is 6.68. The maximum atomic E-state index is 14.7. The number of hydrogen-bond donors (Lipinski definition) is 0. The highest BCUT2D eigenvalue weighted by molar-refractivity contribution is 6.33. The highest BCUT2D eigenvalue weighted by Gasteiger charge is 2.30. The molecule has 0 N–H and O–H groups in total. The van der Waals surface area contributed by atoms with Crippen LogP contribution in [0, 0.1) is 12.7 Å². The number of rotatable bonds is 4. The maximum Gasteiger partial charge on any atom is 0.355 e. The highest BCUT2D eigenvalue weighted by Crippen LogP contribution is 2.35. The number of para-hydroxylation sites is 1. The number of pyridine rings is 1. The van der Waals surface area contributed by atoms with Gasteiger partial charge in [-0.2, -0.15) is 4.98 Å². The number of fused-ring (bicyclic) bond motifs is 1. The number of anilines is 1. The lowest BCUT2D eigenvalue weighted by atomic mass is 10.1.